The molecule has 2 N–H and O–H groups in total. The molecule has 1 saturated carbocycles. The lowest BCUT2D eigenvalue weighted by Crippen LogP contribution is -2.48. The molecule has 4 aliphatic rings. The molecule has 192 valence electrons. The van der Waals surface area contributed by atoms with Gasteiger partial charge in [0.25, 0.3) is 5.91 Å². The number of hydrogen-bond acceptors (Lipinski definition) is 6. The summed E-state index contributed by atoms with van der Waals surface area (Å²) in [6.07, 6.45) is 5.59. The number of aryl methyl sites for hydroxylation is 2. The van der Waals surface area contributed by atoms with Gasteiger partial charge in [-0.1, -0.05) is 12.1 Å². The highest BCUT2D eigenvalue weighted by Gasteiger charge is 2.58. The summed E-state index contributed by atoms with van der Waals surface area (Å²) in [5, 5.41) is 5.21. The number of ether oxygens (including phenoxy) is 1. The monoisotopic (exact) mass is 503 g/mol. The fourth-order valence-corrected chi connectivity index (χ4v) is 5.98. The maximum Gasteiger partial charge on any atom is 0.418 e. The van der Waals surface area contributed by atoms with Gasteiger partial charge < -0.3 is 20.3 Å². The van der Waals surface area contributed by atoms with Crippen LogP contribution in [-0.2, 0) is 39.3 Å². The van der Waals surface area contributed by atoms with E-state index in [1.807, 2.05) is 17.0 Å². The maximum absolute atomic E-state index is 13.6. The van der Waals surface area contributed by atoms with Crippen LogP contribution < -0.4 is 10.6 Å². The first-order valence-corrected chi connectivity index (χ1v) is 12.8. The van der Waals surface area contributed by atoms with Crippen molar-refractivity contribution in [3.05, 3.63) is 58.9 Å². The first-order valence-electron chi connectivity index (χ1n) is 12.8. The van der Waals surface area contributed by atoms with E-state index >= 15 is 0 Å². The quantitative estimate of drug-likeness (QED) is 0.662. The third kappa shape index (κ3) is 4.00. The normalized spacial score (nSPS) is 24.4. The number of carbonyl (C=O) groups excluding carboxylic acids is 4. The van der Waals surface area contributed by atoms with Crippen LogP contribution in [0.2, 0.25) is 0 Å². The second-order valence-corrected chi connectivity index (χ2v) is 10.2. The zero-order valence-corrected chi connectivity index (χ0v) is 20.7. The van der Waals surface area contributed by atoms with E-state index in [0.717, 1.165) is 47.4 Å². The van der Waals surface area contributed by atoms with Gasteiger partial charge in [-0.05, 0) is 67.3 Å². The van der Waals surface area contributed by atoms with Gasteiger partial charge in [0.05, 0.1) is 0 Å². The smallest absolute Gasteiger partial charge is 0.418 e. The van der Waals surface area contributed by atoms with E-state index in [1.165, 1.54) is 7.05 Å². The number of carbonyl (C=O) groups is 4. The predicted molar refractivity (Wildman–Crippen MR) is 132 cm³/mol. The van der Waals surface area contributed by atoms with Crippen LogP contribution >= 0.6 is 0 Å². The van der Waals surface area contributed by atoms with Crippen LogP contribution in [0.4, 0.5) is 15.3 Å². The number of amides is 5. The number of rotatable bonds is 4. The summed E-state index contributed by atoms with van der Waals surface area (Å²) in [6.45, 7) is 0.0826. The summed E-state index contributed by atoms with van der Waals surface area (Å²) >= 11 is 0. The lowest BCUT2D eigenvalue weighted by Gasteiger charge is -2.31. The number of nitrogens with one attached hydrogen (secondary N) is 2. The molecule has 2 fully saturated rings. The molecule has 0 unspecified atom stereocenters. The zero-order chi connectivity index (χ0) is 25.7. The highest BCUT2D eigenvalue weighted by atomic mass is 16.6. The van der Waals surface area contributed by atoms with Crippen molar-refractivity contribution in [3.63, 3.8) is 0 Å². The van der Waals surface area contributed by atoms with Gasteiger partial charge in [0, 0.05) is 49.2 Å². The zero-order valence-electron chi connectivity index (χ0n) is 20.7. The van der Waals surface area contributed by atoms with E-state index in [0.29, 0.717) is 36.6 Å². The number of pyridine rings is 1. The Labute approximate surface area is 214 Å². The number of hydrogen-bond donors (Lipinski definition) is 2. The molecule has 2 atom stereocenters. The van der Waals surface area contributed by atoms with Crippen LogP contribution in [0.5, 0.6) is 0 Å². The summed E-state index contributed by atoms with van der Waals surface area (Å²) in [5.74, 6) is -0.305. The Balaban J connectivity index is 1.23. The minimum absolute atomic E-state index is 0.0721. The summed E-state index contributed by atoms with van der Waals surface area (Å²) in [6, 6.07) is 8.77. The Morgan fingerprint density at radius 2 is 1.97 bits per heavy atom. The highest BCUT2D eigenvalue weighted by molar-refractivity contribution is 6.06. The van der Waals surface area contributed by atoms with Crippen molar-refractivity contribution < 1.29 is 23.9 Å². The van der Waals surface area contributed by atoms with Crippen LogP contribution in [0.25, 0.3) is 0 Å². The molecule has 1 saturated heterocycles. The second kappa shape index (κ2) is 8.86. The molecule has 1 aromatic heterocycles. The van der Waals surface area contributed by atoms with E-state index in [1.54, 1.807) is 24.4 Å². The van der Waals surface area contributed by atoms with Crippen LogP contribution in [0.3, 0.4) is 0 Å². The van der Waals surface area contributed by atoms with Gasteiger partial charge in [0.2, 0.25) is 11.5 Å². The Morgan fingerprint density at radius 3 is 2.76 bits per heavy atom. The minimum atomic E-state index is -1.43. The van der Waals surface area contributed by atoms with Crippen LogP contribution in [0.1, 0.15) is 48.1 Å². The number of fused-ring (bicyclic) bond motifs is 3. The Hall–Kier alpha value is -3.95. The molecule has 1 spiro atoms. The lowest BCUT2D eigenvalue weighted by molar-refractivity contribution is -0.143. The van der Waals surface area contributed by atoms with E-state index in [4.69, 9.17) is 4.74 Å². The largest absolute Gasteiger partial charge is 0.427 e. The average molecular weight is 504 g/mol. The van der Waals surface area contributed by atoms with Gasteiger partial charge in [-0.15, -0.1) is 0 Å². The van der Waals surface area contributed by atoms with Gasteiger partial charge in [-0.25, -0.2) is 14.5 Å². The molecule has 5 amide bonds. The van der Waals surface area contributed by atoms with E-state index < -0.39 is 17.6 Å². The standard InChI is InChI=1S/C27H29N5O5/c1-28-25(35)30-19-6-7-20-17(13-19)10-11-27(20)24(34)32(26(36)37-27)15-23(33)31-14-18-3-2-12-29-21(18)8-9-22(31)16-4-5-16/h2-3,6-7,12-13,16,22H,4-5,8-11,14-15H2,1H3,(H2,28,30,35)/t22-,27+/m0/s1. The van der Waals surface area contributed by atoms with Crippen molar-refractivity contribution in [1.29, 1.82) is 0 Å². The molecule has 1 aromatic carbocycles. The van der Waals surface area contributed by atoms with Crippen molar-refractivity contribution in [3.8, 4) is 0 Å². The Morgan fingerprint density at radius 1 is 1.14 bits per heavy atom. The Bertz CT molecular complexity index is 1310. The molecular weight excluding hydrogens is 474 g/mol. The molecule has 2 aliphatic carbocycles. The predicted octanol–water partition coefficient (Wildman–Crippen LogP) is 2.71. The summed E-state index contributed by atoms with van der Waals surface area (Å²) in [5.41, 5.74) is 2.61. The first-order chi connectivity index (χ1) is 17.9. The number of benzene rings is 1. The molecule has 10 heteroatoms. The molecule has 3 heterocycles. The van der Waals surface area contributed by atoms with E-state index in [9.17, 15) is 19.2 Å². The lowest BCUT2D eigenvalue weighted by atomic mass is 9.94. The molecule has 0 radical (unpaired) electrons. The van der Waals surface area contributed by atoms with Crippen LogP contribution in [-0.4, -0.2) is 58.4 Å². The van der Waals surface area contributed by atoms with Crippen molar-refractivity contribution in [1.82, 2.24) is 20.1 Å². The van der Waals surface area contributed by atoms with Gasteiger partial charge in [0.15, 0.2) is 0 Å². The number of aromatic nitrogens is 1. The van der Waals surface area contributed by atoms with Gasteiger partial charge in [0.1, 0.15) is 6.54 Å². The molecule has 2 aliphatic heterocycles. The van der Waals surface area contributed by atoms with E-state index in [2.05, 4.69) is 15.6 Å². The van der Waals surface area contributed by atoms with Gasteiger partial charge >= 0.3 is 12.1 Å². The van der Waals surface area contributed by atoms with Crippen molar-refractivity contribution >= 4 is 29.6 Å². The maximum atomic E-state index is 13.6. The number of nitrogens with zero attached hydrogens (tertiary/aromatic N) is 3. The molecule has 6 rings (SSSR count). The number of urea groups is 1. The first kappa shape index (κ1) is 23.4. The van der Waals surface area contributed by atoms with Crippen LogP contribution in [0, 0.1) is 5.92 Å². The molecular formula is C27H29N5O5. The summed E-state index contributed by atoms with van der Waals surface area (Å²) in [4.78, 5) is 59.2. The number of imide groups is 1. The summed E-state index contributed by atoms with van der Waals surface area (Å²) in [7, 11) is 1.53. The van der Waals surface area contributed by atoms with Gasteiger partial charge in [-0.2, -0.15) is 0 Å². The van der Waals surface area contributed by atoms with Crippen molar-refractivity contribution in [2.75, 3.05) is 18.9 Å². The fraction of sp³-hybridized carbons (Fsp3) is 0.444. The van der Waals surface area contributed by atoms with Gasteiger partial charge in [-0.3, -0.25) is 14.6 Å². The minimum Gasteiger partial charge on any atom is -0.427 e. The SMILES string of the molecule is CNC(=O)Nc1ccc2c(c1)CC[C@@]21OC(=O)N(CC(=O)N2Cc3cccnc3CC[C@H]2C2CC2)C1=O. The molecule has 37 heavy (non-hydrogen) atoms. The fourth-order valence-electron chi connectivity index (χ4n) is 5.98. The molecule has 0 bridgehead atoms. The van der Waals surface area contributed by atoms with Crippen LogP contribution in [0.15, 0.2) is 36.5 Å². The topological polar surface area (TPSA) is 121 Å². The highest BCUT2D eigenvalue weighted by Crippen LogP contribution is 2.46. The Kier molecular flexibility index (Phi) is 5.62. The summed E-state index contributed by atoms with van der Waals surface area (Å²) < 4.78 is 5.72. The molecule has 10 nitrogen and oxygen atoms in total. The third-order valence-electron chi connectivity index (χ3n) is 8.03. The van der Waals surface area contributed by atoms with Crippen molar-refractivity contribution in [2.45, 2.75) is 56.7 Å². The van der Waals surface area contributed by atoms with E-state index in [-0.39, 0.29) is 24.5 Å². The molecule has 2 aromatic rings. The number of anilines is 1. The average Bonchev–Trinajstić information content (AvgIpc) is 3.66. The third-order valence-corrected chi connectivity index (χ3v) is 8.03. The second-order valence-electron chi connectivity index (χ2n) is 10.2. The van der Waals surface area contributed by atoms with Crippen molar-refractivity contribution in [2.24, 2.45) is 5.92 Å².